The van der Waals surface area contributed by atoms with Crippen molar-refractivity contribution in [1.29, 1.82) is 0 Å². The van der Waals surface area contributed by atoms with Gasteiger partial charge in [-0.3, -0.25) is 14.4 Å². The van der Waals surface area contributed by atoms with E-state index in [-0.39, 0.29) is 23.0 Å². The van der Waals surface area contributed by atoms with Crippen molar-refractivity contribution in [3.05, 3.63) is 33.8 Å². The SMILES string of the molecule is CCC(C)C(NC(=O)CNC(=O)c1ccc(Cl)c(Cl)c1)C(N)=O. The number of halogens is 2. The van der Waals surface area contributed by atoms with Crippen LogP contribution in [-0.2, 0) is 9.59 Å². The third-order valence-corrected chi connectivity index (χ3v) is 4.17. The second-order valence-electron chi connectivity index (χ2n) is 5.14. The first-order valence-corrected chi connectivity index (χ1v) is 7.83. The lowest BCUT2D eigenvalue weighted by Gasteiger charge is -2.21. The Hall–Kier alpha value is -1.79. The lowest BCUT2D eigenvalue weighted by atomic mass is 9.98. The highest BCUT2D eigenvalue weighted by molar-refractivity contribution is 6.42. The van der Waals surface area contributed by atoms with Crippen molar-refractivity contribution in [2.24, 2.45) is 11.7 Å². The van der Waals surface area contributed by atoms with Crippen LogP contribution in [0.3, 0.4) is 0 Å². The largest absolute Gasteiger partial charge is 0.368 e. The van der Waals surface area contributed by atoms with E-state index in [1.807, 2.05) is 13.8 Å². The normalized spacial score (nSPS) is 13.0. The van der Waals surface area contributed by atoms with Gasteiger partial charge in [-0.05, 0) is 24.1 Å². The van der Waals surface area contributed by atoms with Gasteiger partial charge in [0, 0.05) is 5.56 Å². The minimum Gasteiger partial charge on any atom is -0.368 e. The summed E-state index contributed by atoms with van der Waals surface area (Å²) >= 11 is 11.6. The van der Waals surface area contributed by atoms with E-state index in [0.29, 0.717) is 11.4 Å². The van der Waals surface area contributed by atoms with Gasteiger partial charge in [-0.1, -0.05) is 43.5 Å². The second kappa shape index (κ2) is 8.74. The summed E-state index contributed by atoms with van der Waals surface area (Å²) in [5.41, 5.74) is 5.55. The number of hydrogen-bond donors (Lipinski definition) is 3. The van der Waals surface area contributed by atoms with Crippen molar-refractivity contribution in [2.45, 2.75) is 26.3 Å². The van der Waals surface area contributed by atoms with Gasteiger partial charge in [0.15, 0.2) is 0 Å². The van der Waals surface area contributed by atoms with Crippen molar-refractivity contribution in [2.75, 3.05) is 6.54 Å². The third-order valence-electron chi connectivity index (χ3n) is 3.43. The Bertz CT molecular complexity index is 608. The molecule has 23 heavy (non-hydrogen) atoms. The minimum atomic E-state index is -0.769. The molecule has 0 aliphatic rings. The van der Waals surface area contributed by atoms with Gasteiger partial charge in [0.25, 0.3) is 5.91 Å². The van der Waals surface area contributed by atoms with Crippen molar-refractivity contribution in [3.63, 3.8) is 0 Å². The molecule has 0 spiro atoms. The topological polar surface area (TPSA) is 101 Å². The molecule has 2 atom stereocenters. The van der Waals surface area contributed by atoms with E-state index in [2.05, 4.69) is 10.6 Å². The van der Waals surface area contributed by atoms with Crippen molar-refractivity contribution >= 4 is 40.9 Å². The molecule has 0 aliphatic carbocycles. The van der Waals surface area contributed by atoms with E-state index >= 15 is 0 Å². The van der Waals surface area contributed by atoms with Gasteiger partial charge < -0.3 is 16.4 Å². The lowest BCUT2D eigenvalue weighted by Crippen LogP contribution is -2.50. The number of carbonyl (C=O) groups excluding carboxylic acids is 3. The number of primary amides is 1. The highest BCUT2D eigenvalue weighted by Crippen LogP contribution is 2.22. The molecule has 0 heterocycles. The first kappa shape index (κ1) is 19.3. The standard InChI is InChI=1S/C15H19Cl2N3O3/c1-3-8(2)13(14(18)22)20-12(21)7-19-15(23)9-4-5-10(16)11(17)6-9/h4-6,8,13H,3,7H2,1-2H3,(H2,18,22)(H,19,23)(H,20,21). The average Bonchev–Trinajstić information content (AvgIpc) is 2.51. The fourth-order valence-electron chi connectivity index (χ4n) is 1.85. The lowest BCUT2D eigenvalue weighted by molar-refractivity contribution is -0.127. The smallest absolute Gasteiger partial charge is 0.251 e. The Labute approximate surface area is 144 Å². The predicted molar refractivity (Wildman–Crippen MR) is 89.4 cm³/mol. The van der Waals surface area contributed by atoms with Gasteiger partial charge in [-0.15, -0.1) is 0 Å². The van der Waals surface area contributed by atoms with Gasteiger partial charge in [-0.25, -0.2) is 0 Å². The first-order valence-electron chi connectivity index (χ1n) is 7.08. The summed E-state index contributed by atoms with van der Waals surface area (Å²) in [4.78, 5) is 35.1. The fraction of sp³-hybridized carbons (Fsp3) is 0.400. The van der Waals surface area contributed by atoms with Crippen LogP contribution >= 0.6 is 23.2 Å². The van der Waals surface area contributed by atoms with Crippen LogP contribution in [0.25, 0.3) is 0 Å². The van der Waals surface area contributed by atoms with Gasteiger partial charge in [0.05, 0.1) is 16.6 Å². The van der Waals surface area contributed by atoms with Gasteiger partial charge in [0.1, 0.15) is 6.04 Å². The van der Waals surface area contributed by atoms with Crippen molar-refractivity contribution < 1.29 is 14.4 Å². The van der Waals surface area contributed by atoms with E-state index in [9.17, 15) is 14.4 Å². The molecule has 1 rings (SSSR count). The zero-order chi connectivity index (χ0) is 17.6. The molecule has 126 valence electrons. The van der Waals surface area contributed by atoms with Crippen LogP contribution in [-0.4, -0.2) is 30.3 Å². The number of nitrogens with one attached hydrogen (secondary N) is 2. The molecule has 0 radical (unpaired) electrons. The molecule has 2 unspecified atom stereocenters. The maximum atomic E-state index is 11.9. The van der Waals surface area contributed by atoms with Crippen LogP contribution in [0, 0.1) is 5.92 Å². The minimum absolute atomic E-state index is 0.0952. The predicted octanol–water partition coefficient (Wildman–Crippen LogP) is 1.74. The van der Waals surface area contributed by atoms with E-state index in [0.717, 1.165) is 0 Å². The number of hydrogen-bond acceptors (Lipinski definition) is 3. The molecule has 0 saturated carbocycles. The van der Waals surface area contributed by atoms with Crippen molar-refractivity contribution in [1.82, 2.24) is 10.6 Å². The van der Waals surface area contributed by atoms with E-state index in [1.165, 1.54) is 18.2 Å². The monoisotopic (exact) mass is 359 g/mol. The van der Waals surface area contributed by atoms with Crippen LogP contribution in [0.1, 0.15) is 30.6 Å². The maximum absolute atomic E-state index is 11.9. The summed E-state index contributed by atoms with van der Waals surface area (Å²) in [6.07, 6.45) is 0.684. The van der Waals surface area contributed by atoms with E-state index in [1.54, 1.807) is 0 Å². The second-order valence-corrected chi connectivity index (χ2v) is 5.96. The molecular formula is C15H19Cl2N3O3. The molecule has 0 fully saturated rings. The Kier molecular flexibility index (Phi) is 7.32. The maximum Gasteiger partial charge on any atom is 0.251 e. The molecule has 6 nitrogen and oxygen atoms in total. The Morgan fingerprint density at radius 2 is 1.87 bits per heavy atom. The molecule has 4 N–H and O–H groups in total. The van der Waals surface area contributed by atoms with Crippen LogP contribution in [0.15, 0.2) is 18.2 Å². The summed E-state index contributed by atoms with van der Waals surface area (Å²) in [6.45, 7) is 3.42. The molecule has 8 heteroatoms. The van der Waals surface area contributed by atoms with Crippen LogP contribution in [0.4, 0.5) is 0 Å². The molecule has 0 aromatic heterocycles. The number of carbonyl (C=O) groups is 3. The van der Waals surface area contributed by atoms with Gasteiger partial charge >= 0.3 is 0 Å². The summed E-state index contributed by atoms with van der Waals surface area (Å²) in [5, 5.41) is 5.54. The fourth-order valence-corrected chi connectivity index (χ4v) is 2.15. The molecule has 3 amide bonds. The van der Waals surface area contributed by atoms with Crippen molar-refractivity contribution in [3.8, 4) is 0 Å². The van der Waals surface area contributed by atoms with Crippen LogP contribution < -0.4 is 16.4 Å². The molecule has 1 aromatic rings. The first-order chi connectivity index (χ1) is 10.8. The highest BCUT2D eigenvalue weighted by atomic mass is 35.5. The summed E-state index contributed by atoms with van der Waals surface area (Å²) in [6, 6.07) is 3.62. The molecule has 0 aliphatic heterocycles. The third kappa shape index (κ3) is 5.73. The Morgan fingerprint density at radius 3 is 2.39 bits per heavy atom. The van der Waals surface area contributed by atoms with Gasteiger partial charge in [-0.2, -0.15) is 0 Å². The Morgan fingerprint density at radius 1 is 1.22 bits per heavy atom. The zero-order valence-electron chi connectivity index (χ0n) is 12.9. The summed E-state index contributed by atoms with van der Waals surface area (Å²) in [7, 11) is 0. The molecule has 1 aromatic carbocycles. The number of amides is 3. The molecule has 0 saturated heterocycles. The van der Waals surface area contributed by atoms with Crippen LogP contribution in [0.5, 0.6) is 0 Å². The number of benzene rings is 1. The molecule has 0 bridgehead atoms. The number of rotatable bonds is 7. The summed E-state index contributed by atoms with van der Waals surface area (Å²) in [5.74, 6) is -1.67. The average molecular weight is 360 g/mol. The summed E-state index contributed by atoms with van der Waals surface area (Å²) < 4.78 is 0. The Balaban J connectivity index is 2.59. The number of nitrogens with two attached hydrogens (primary N) is 1. The highest BCUT2D eigenvalue weighted by Gasteiger charge is 2.23. The quantitative estimate of drug-likeness (QED) is 0.690. The van der Waals surface area contributed by atoms with Crippen LogP contribution in [0.2, 0.25) is 10.0 Å². The van der Waals surface area contributed by atoms with Gasteiger partial charge in [0.2, 0.25) is 11.8 Å². The molecular weight excluding hydrogens is 341 g/mol. The van der Waals surface area contributed by atoms with E-state index < -0.39 is 23.8 Å². The van der Waals surface area contributed by atoms with E-state index in [4.69, 9.17) is 28.9 Å². The zero-order valence-corrected chi connectivity index (χ0v) is 14.4.